The summed E-state index contributed by atoms with van der Waals surface area (Å²) in [5.74, 6) is 2.04. The smallest absolute Gasteiger partial charge is 0.289 e. The number of benzene rings is 1. The molecule has 1 aliphatic heterocycles. The van der Waals surface area contributed by atoms with Crippen molar-refractivity contribution in [1.29, 1.82) is 0 Å². The molecule has 0 radical (unpaired) electrons. The van der Waals surface area contributed by atoms with Crippen LogP contribution in [0.3, 0.4) is 0 Å². The second-order valence-corrected chi connectivity index (χ2v) is 6.69. The number of rotatable bonds is 6. The van der Waals surface area contributed by atoms with E-state index in [1.807, 2.05) is 42.2 Å². The van der Waals surface area contributed by atoms with Gasteiger partial charge in [0.1, 0.15) is 11.9 Å². The van der Waals surface area contributed by atoms with E-state index in [0.717, 1.165) is 31.3 Å². The number of hydrogen-bond acceptors (Lipinski definition) is 4. The van der Waals surface area contributed by atoms with Crippen LogP contribution in [-0.2, 0) is 0 Å². The van der Waals surface area contributed by atoms with Gasteiger partial charge < -0.3 is 24.3 Å². The number of furan rings is 1. The van der Waals surface area contributed by atoms with Gasteiger partial charge in [-0.25, -0.2) is 4.99 Å². The predicted octanol–water partition coefficient (Wildman–Crippen LogP) is 3.09. The number of carbonyl (C=O) groups excluding carboxylic acids is 1. The van der Waals surface area contributed by atoms with Gasteiger partial charge in [-0.05, 0) is 38.1 Å². The molecule has 1 aliphatic rings. The molecule has 0 bridgehead atoms. The summed E-state index contributed by atoms with van der Waals surface area (Å²) in [6.45, 7) is 8.15. The van der Waals surface area contributed by atoms with Gasteiger partial charge in [-0.15, -0.1) is 24.0 Å². The summed E-state index contributed by atoms with van der Waals surface area (Å²) in [6.07, 6.45) is 1.50. The minimum Gasteiger partial charge on any atom is -0.489 e. The van der Waals surface area contributed by atoms with Crippen LogP contribution in [0.1, 0.15) is 24.4 Å². The number of halogens is 1. The predicted molar refractivity (Wildman–Crippen MR) is 124 cm³/mol. The molecule has 1 aromatic heterocycles. The SMILES string of the molecule is CCNC(=NCC(C)Oc1ccccc1)N1CCN(C(=O)c2ccco2)CC1.I. The molecule has 1 fully saturated rings. The lowest BCUT2D eigenvalue weighted by Gasteiger charge is -2.36. The number of carbonyl (C=O) groups is 1. The third-order valence-corrected chi connectivity index (χ3v) is 4.51. The summed E-state index contributed by atoms with van der Waals surface area (Å²) in [5.41, 5.74) is 0. The van der Waals surface area contributed by atoms with E-state index >= 15 is 0 Å². The van der Waals surface area contributed by atoms with Crippen molar-refractivity contribution in [2.45, 2.75) is 20.0 Å². The number of piperazine rings is 1. The van der Waals surface area contributed by atoms with Crippen LogP contribution in [0.2, 0.25) is 0 Å². The van der Waals surface area contributed by atoms with Gasteiger partial charge in [0.2, 0.25) is 0 Å². The summed E-state index contributed by atoms with van der Waals surface area (Å²) in [6, 6.07) is 13.2. The quantitative estimate of drug-likeness (QED) is 0.366. The van der Waals surface area contributed by atoms with E-state index in [4.69, 9.17) is 14.1 Å². The highest BCUT2D eigenvalue weighted by Crippen LogP contribution is 2.12. The summed E-state index contributed by atoms with van der Waals surface area (Å²) in [5, 5.41) is 3.34. The largest absolute Gasteiger partial charge is 0.489 e. The summed E-state index contributed by atoms with van der Waals surface area (Å²) in [4.78, 5) is 21.1. The van der Waals surface area contributed by atoms with Crippen molar-refractivity contribution in [1.82, 2.24) is 15.1 Å². The minimum atomic E-state index is -0.0588. The molecule has 2 heterocycles. The maximum absolute atomic E-state index is 12.4. The van der Waals surface area contributed by atoms with E-state index in [9.17, 15) is 4.79 Å². The second-order valence-electron chi connectivity index (χ2n) is 6.69. The van der Waals surface area contributed by atoms with E-state index in [-0.39, 0.29) is 36.0 Å². The molecular weight excluding hydrogens is 483 g/mol. The monoisotopic (exact) mass is 512 g/mol. The van der Waals surface area contributed by atoms with E-state index in [1.54, 1.807) is 12.1 Å². The first-order chi connectivity index (χ1) is 13.7. The molecule has 1 saturated heterocycles. The van der Waals surface area contributed by atoms with Gasteiger partial charge >= 0.3 is 0 Å². The van der Waals surface area contributed by atoms with Crippen LogP contribution in [0.5, 0.6) is 5.75 Å². The number of para-hydroxylation sites is 1. The first-order valence-electron chi connectivity index (χ1n) is 9.75. The fourth-order valence-corrected chi connectivity index (χ4v) is 3.09. The molecule has 2 aromatic rings. The van der Waals surface area contributed by atoms with Gasteiger partial charge in [0.05, 0.1) is 12.8 Å². The van der Waals surface area contributed by atoms with Gasteiger partial charge in [-0.3, -0.25) is 4.79 Å². The Hall–Kier alpha value is -2.23. The molecule has 1 amide bonds. The summed E-state index contributed by atoms with van der Waals surface area (Å²) in [7, 11) is 0. The number of guanidine groups is 1. The van der Waals surface area contributed by atoms with Crippen molar-refractivity contribution in [2.75, 3.05) is 39.3 Å². The summed E-state index contributed by atoms with van der Waals surface area (Å²) < 4.78 is 11.1. The fraction of sp³-hybridized carbons (Fsp3) is 0.429. The lowest BCUT2D eigenvalue weighted by atomic mass is 10.3. The number of hydrogen-bond donors (Lipinski definition) is 1. The van der Waals surface area contributed by atoms with Crippen LogP contribution < -0.4 is 10.1 Å². The molecule has 0 spiro atoms. The Labute approximate surface area is 189 Å². The van der Waals surface area contributed by atoms with Crippen LogP contribution in [0.25, 0.3) is 0 Å². The molecule has 1 N–H and O–H groups in total. The normalized spacial score (nSPS) is 15.4. The Morgan fingerprint density at radius 3 is 2.45 bits per heavy atom. The zero-order valence-corrected chi connectivity index (χ0v) is 19.2. The van der Waals surface area contributed by atoms with E-state index in [2.05, 4.69) is 17.1 Å². The Morgan fingerprint density at radius 2 is 1.83 bits per heavy atom. The first kappa shape index (κ1) is 23.1. The maximum Gasteiger partial charge on any atom is 0.289 e. The molecular formula is C21H29IN4O3. The Balaban J connectivity index is 0.00000300. The molecule has 0 aliphatic carbocycles. The molecule has 7 nitrogen and oxygen atoms in total. The number of ether oxygens (including phenoxy) is 1. The van der Waals surface area contributed by atoms with Crippen molar-refractivity contribution in [3.63, 3.8) is 0 Å². The third kappa shape index (κ3) is 6.66. The molecule has 8 heteroatoms. The number of amides is 1. The van der Waals surface area contributed by atoms with Gasteiger partial charge in [-0.2, -0.15) is 0 Å². The van der Waals surface area contributed by atoms with Crippen molar-refractivity contribution in [3.05, 3.63) is 54.5 Å². The lowest BCUT2D eigenvalue weighted by molar-refractivity contribution is 0.0657. The van der Waals surface area contributed by atoms with Crippen molar-refractivity contribution < 1.29 is 13.9 Å². The third-order valence-electron chi connectivity index (χ3n) is 4.51. The number of aliphatic imine (C=N–C) groups is 1. The highest BCUT2D eigenvalue weighted by atomic mass is 127. The van der Waals surface area contributed by atoms with Crippen molar-refractivity contribution >= 4 is 35.8 Å². The fourth-order valence-electron chi connectivity index (χ4n) is 3.09. The van der Waals surface area contributed by atoms with Gasteiger partial charge in [0.25, 0.3) is 5.91 Å². The van der Waals surface area contributed by atoms with Gasteiger partial charge in [-0.1, -0.05) is 18.2 Å². The van der Waals surface area contributed by atoms with Crippen molar-refractivity contribution in [3.8, 4) is 5.75 Å². The van der Waals surface area contributed by atoms with Crippen molar-refractivity contribution in [2.24, 2.45) is 4.99 Å². The molecule has 1 atom stereocenters. The Kier molecular flexibility index (Phi) is 9.30. The molecule has 29 heavy (non-hydrogen) atoms. The molecule has 1 aromatic carbocycles. The average molecular weight is 512 g/mol. The van der Waals surface area contributed by atoms with Crippen LogP contribution in [0, 0.1) is 0 Å². The maximum atomic E-state index is 12.4. The first-order valence-corrected chi connectivity index (χ1v) is 9.75. The zero-order valence-electron chi connectivity index (χ0n) is 16.9. The van der Waals surface area contributed by atoms with Crippen LogP contribution >= 0.6 is 24.0 Å². The highest BCUT2D eigenvalue weighted by molar-refractivity contribution is 14.0. The standard InChI is InChI=1S/C21H28N4O3.HI/c1-3-22-21(23-16-17(2)28-18-8-5-4-6-9-18)25-13-11-24(12-14-25)20(26)19-10-7-15-27-19;/h4-10,15,17H,3,11-14,16H2,1-2H3,(H,22,23);1H. The Morgan fingerprint density at radius 1 is 1.14 bits per heavy atom. The molecule has 158 valence electrons. The summed E-state index contributed by atoms with van der Waals surface area (Å²) >= 11 is 0. The average Bonchev–Trinajstić information content (AvgIpc) is 3.26. The molecule has 1 unspecified atom stereocenters. The topological polar surface area (TPSA) is 70.3 Å². The second kappa shape index (κ2) is 11.7. The van der Waals surface area contributed by atoms with Gasteiger partial charge in [0.15, 0.2) is 11.7 Å². The molecule has 0 saturated carbocycles. The van der Waals surface area contributed by atoms with E-state index in [1.165, 1.54) is 6.26 Å². The van der Waals surface area contributed by atoms with Crippen LogP contribution in [0.15, 0.2) is 58.1 Å². The highest BCUT2D eigenvalue weighted by Gasteiger charge is 2.25. The minimum absolute atomic E-state index is 0. The number of nitrogens with zero attached hydrogens (tertiary/aromatic N) is 3. The zero-order chi connectivity index (χ0) is 19.8. The van der Waals surface area contributed by atoms with Crippen LogP contribution in [-0.4, -0.2) is 67.0 Å². The lowest BCUT2D eigenvalue weighted by Crippen LogP contribution is -2.53. The van der Waals surface area contributed by atoms with E-state index < -0.39 is 0 Å². The molecule has 3 rings (SSSR count). The van der Waals surface area contributed by atoms with E-state index in [0.29, 0.717) is 25.4 Å². The van der Waals surface area contributed by atoms with Gasteiger partial charge in [0, 0.05) is 32.7 Å². The number of nitrogens with one attached hydrogen (secondary N) is 1. The van der Waals surface area contributed by atoms with Crippen LogP contribution in [0.4, 0.5) is 0 Å². The Bertz CT molecular complexity index is 759.